The quantitative estimate of drug-likeness (QED) is 0.801. The van der Waals surface area contributed by atoms with Crippen LogP contribution in [0.1, 0.15) is 17.0 Å². The van der Waals surface area contributed by atoms with Crippen molar-refractivity contribution >= 4 is 32.6 Å². The van der Waals surface area contributed by atoms with Gasteiger partial charge in [-0.1, -0.05) is 17.4 Å². The maximum Gasteiger partial charge on any atom is 0.348 e. The number of nitrogens with zero attached hydrogens (tertiary/aromatic N) is 3. The molecule has 1 N–H and O–H groups in total. The van der Waals surface area contributed by atoms with Crippen molar-refractivity contribution in [3.8, 4) is 0 Å². The standard InChI is InChI=1S/C16H16N4O2S/c1-9-4-5-12-13(6-9)23-15(18-12)19-14(21)8-20-11(3)7-10(2)17-16(20)22/h4-7H,8H2,1-3H3,(H,18,19,21). The average Bonchev–Trinajstić information content (AvgIpc) is 2.84. The zero-order valence-corrected chi connectivity index (χ0v) is 13.9. The molecule has 0 unspecified atom stereocenters. The predicted octanol–water partition coefficient (Wildman–Crippen LogP) is 2.42. The molecule has 7 heteroatoms. The van der Waals surface area contributed by atoms with Crippen LogP contribution in [0, 0.1) is 20.8 Å². The molecule has 3 rings (SSSR count). The monoisotopic (exact) mass is 328 g/mol. The van der Waals surface area contributed by atoms with Crippen LogP contribution in [0.4, 0.5) is 5.13 Å². The smallest absolute Gasteiger partial charge is 0.300 e. The number of aryl methyl sites for hydroxylation is 3. The molecule has 118 valence electrons. The van der Waals surface area contributed by atoms with Crippen molar-refractivity contribution in [2.24, 2.45) is 0 Å². The maximum atomic E-state index is 12.2. The topological polar surface area (TPSA) is 76.9 Å². The van der Waals surface area contributed by atoms with Crippen LogP contribution in [-0.2, 0) is 11.3 Å². The number of rotatable bonds is 3. The van der Waals surface area contributed by atoms with E-state index < -0.39 is 5.69 Å². The summed E-state index contributed by atoms with van der Waals surface area (Å²) >= 11 is 1.42. The van der Waals surface area contributed by atoms with Crippen molar-refractivity contribution in [3.05, 3.63) is 51.7 Å². The Labute approximate surface area is 136 Å². The Bertz CT molecular complexity index is 958. The third-order valence-electron chi connectivity index (χ3n) is 3.44. The highest BCUT2D eigenvalue weighted by Gasteiger charge is 2.11. The van der Waals surface area contributed by atoms with Gasteiger partial charge in [0, 0.05) is 11.4 Å². The molecular weight excluding hydrogens is 312 g/mol. The molecule has 0 aliphatic heterocycles. The molecule has 23 heavy (non-hydrogen) atoms. The van der Waals surface area contributed by atoms with E-state index in [0.29, 0.717) is 16.5 Å². The summed E-state index contributed by atoms with van der Waals surface area (Å²) in [5.41, 5.74) is 2.93. The highest BCUT2D eigenvalue weighted by molar-refractivity contribution is 7.22. The molecular formula is C16H16N4O2S. The first-order valence-corrected chi connectivity index (χ1v) is 7.96. The molecule has 0 fully saturated rings. The molecule has 3 aromatic rings. The molecule has 2 aromatic heterocycles. The highest BCUT2D eigenvalue weighted by Crippen LogP contribution is 2.26. The molecule has 6 nitrogen and oxygen atoms in total. The van der Waals surface area contributed by atoms with Gasteiger partial charge < -0.3 is 5.32 Å². The lowest BCUT2D eigenvalue weighted by Gasteiger charge is -2.08. The number of carbonyl (C=O) groups is 1. The molecule has 0 saturated carbocycles. The second kappa shape index (κ2) is 5.92. The predicted molar refractivity (Wildman–Crippen MR) is 91.0 cm³/mol. The second-order valence-electron chi connectivity index (χ2n) is 5.45. The largest absolute Gasteiger partial charge is 0.348 e. The number of benzene rings is 1. The lowest BCUT2D eigenvalue weighted by atomic mass is 10.2. The lowest BCUT2D eigenvalue weighted by Crippen LogP contribution is -2.31. The SMILES string of the molecule is Cc1ccc2nc(NC(=O)Cn3c(C)cc(C)nc3=O)sc2c1. The average molecular weight is 328 g/mol. The Hall–Kier alpha value is -2.54. The summed E-state index contributed by atoms with van der Waals surface area (Å²) in [7, 11) is 0. The van der Waals surface area contributed by atoms with Crippen LogP contribution in [0.3, 0.4) is 0 Å². The van der Waals surface area contributed by atoms with Crippen molar-refractivity contribution in [1.82, 2.24) is 14.5 Å². The number of anilines is 1. The van der Waals surface area contributed by atoms with Gasteiger partial charge in [-0.05, 0) is 44.5 Å². The minimum atomic E-state index is -0.419. The molecule has 0 aliphatic rings. The Balaban J connectivity index is 1.80. The van der Waals surface area contributed by atoms with Gasteiger partial charge >= 0.3 is 5.69 Å². The van der Waals surface area contributed by atoms with Gasteiger partial charge in [0.25, 0.3) is 0 Å². The molecule has 0 saturated heterocycles. The molecule has 0 spiro atoms. The Morgan fingerprint density at radius 3 is 2.74 bits per heavy atom. The summed E-state index contributed by atoms with van der Waals surface area (Å²) < 4.78 is 2.37. The summed E-state index contributed by atoms with van der Waals surface area (Å²) in [6.07, 6.45) is 0. The zero-order valence-electron chi connectivity index (χ0n) is 13.1. The fourth-order valence-electron chi connectivity index (χ4n) is 2.35. The zero-order chi connectivity index (χ0) is 16.6. The van der Waals surface area contributed by atoms with E-state index in [1.807, 2.05) is 25.1 Å². The Morgan fingerprint density at radius 2 is 2.00 bits per heavy atom. The van der Waals surface area contributed by atoms with Gasteiger partial charge in [-0.2, -0.15) is 4.98 Å². The van der Waals surface area contributed by atoms with Gasteiger partial charge in [0.1, 0.15) is 6.54 Å². The van der Waals surface area contributed by atoms with E-state index in [1.165, 1.54) is 15.9 Å². The first kappa shape index (κ1) is 15.4. The molecule has 1 amide bonds. The third kappa shape index (κ3) is 3.29. The molecule has 0 radical (unpaired) electrons. The number of hydrogen-bond donors (Lipinski definition) is 1. The number of amides is 1. The van der Waals surface area contributed by atoms with Crippen LogP contribution >= 0.6 is 11.3 Å². The van der Waals surface area contributed by atoms with Crippen molar-refractivity contribution in [3.63, 3.8) is 0 Å². The summed E-state index contributed by atoms with van der Waals surface area (Å²) in [6.45, 7) is 5.47. The van der Waals surface area contributed by atoms with Crippen LogP contribution < -0.4 is 11.0 Å². The minimum absolute atomic E-state index is 0.0765. The van der Waals surface area contributed by atoms with E-state index in [0.717, 1.165) is 15.8 Å². The van der Waals surface area contributed by atoms with Gasteiger partial charge in [0.15, 0.2) is 5.13 Å². The summed E-state index contributed by atoms with van der Waals surface area (Å²) in [4.78, 5) is 32.3. The molecule has 1 aromatic carbocycles. The molecule has 0 atom stereocenters. The van der Waals surface area contributed by atoms with E-state index in [-0.39, 0.29) is 12.5 Å². The summed E-state index contributed by atoms with van der Waals surface area (Å²) in [5.74, 6) is -0.295. The molecule has 2 heterocycles. The number of carbonyl (C=O) groups excluding carboxylic acids is 1. The minimum Gasteiger partial charge on any atom is -0.300 e. The first-order valence-electron chi connectivity index (χ1n) is 7.14. The van der Waals surface area contributed by atoms with Crippen molar-refractivity contribution < 1.29 is 4.79 Å². The number of nitrogens with one attached hydrogen (secondary N) is 1. The van der Waals surface area contributed by atoms with Crippen LogP contribution in [0.15, 0.2) is 29.1 Å². The van der Waals surface area contributed by atoms with E-state index in [2.05, 4.69) is 15.3 Å². The summed E-state index contributed by atoms with van der Waals surface area (Å²) in [6, 6.07) is 7.71. The van der Waals surface area contributed by atoms with Gasteiger partial charge in [0.2, 0.25) is 5.91 Å². The van der Waals surface area contributed by atoms with Crippen LogP contribution in [0.2, 0.25) is 0 Å². The van der Waals surface area contributed by atoms with Gasteiger partial charge in [0.05, 0.1) is 10.2 Å². The van der Waals surface area contributed by atoms with Gasteiger partial charge in [-0.25, -0.2) is 9.78 Å². The van der Waals surface area contributed by atoms with E-state index in [4.69, 9.17) is 0 Å². The summed E-state index contributed by atoms with van der Waals surface area (Å²) in [5, 5.41) is 3.28. The third-order valence-corrected chi connectivity index (χ3v) is 4.37. The normalized spacial score (nSPS) is 10.9. The van der Waals surface area contributed by atoms with Gasteiger partial charge in [-0.3, -0.25) is 9.36 Å². The van der Waals surface area contributed by atoms with E-state index >= 15 is 0 Å². The Kier molecular flexibility index (Phi) is 3.96. The van der Waals surface area contributed by atoms with Gasteiger partial charge in [-0.15, -0.1) is 0 Å². The fourth-order valence-corrected chi connectivity index (χ4v) is 3.33. The van der Waals surface area contributed by atoms with E-state index in [9.17, 15) is 9.59 Å². The Morgan fingerprint density at radius 1 is 1.22 bits per heavy atom. The number of hydrogen-bond acceptors (Lipinski definition) is 5. The highest BCUT2D eigenvalue weighted by atomic mass is 32.1. The number of fused-ring (bicyclic) bond motifs is 1. The van der Waals surface area contributed by atoms with Crippen molar-refractivity contribution in [2.75, 3.05) is 5.32 Å². The second-order valence-corrected chi connectivity index (χ2v) is 6.48. The maximum absolute atomic E-state index is 12.2. The molecule has 0 aliphatic carbocycles. The van der Waals surface area contributed by atoms with E-state index in [1.54, 1.807) is 19.9 Å². The van der Waals surface area contributed by atoms with Crippen molar-refractivity contribution in [1.29, 1.82) is 0 Å². The fraction of sp³-hybridized carbons (Fsp3) is 0.250. The van der Waals surface area contributed by atoms with Crippen LogP contribution in [0.5, 0.6) is 0 Å². The number of thiazole rings is 1. The lowest BCUT2D eigenvalue weighted by molar-refractivity contribution is -0.116. The molecule has 0 bridgehead atoms. The van der Waals surface area contributed by atoms with Crippen LogP contribution in [0.25, 0.3) is 10.2 Å². The number of aromatic nitrogens is 3. The first-order chi connectivity index (χ1) is 10.9. The van der Waals surface area contributed by atoms with Crippen LogP contribution in [-0.4, -0.2) is 20.4 Å². The van der Waals surface area contributed by atoms with Crippen molar-refractivity contribution in [2.45, 2.75) is 27.3 Å².